The first-order valence-electron chi connectivity index (χ1n) is 8.50. The van der Waals surface area contributed by atoms with E-state index in [1.54, 1.807) is 36.4 Å². The van der Waals surface area contributed by atoms with E-state index in [0.29, 0.717) is 11.3 Å². The molecule has 0 spiro atoms. The first kappa shape index (κ1) is 20.0. The summed E-state index contributed by atoms with van der Waals surface area (Å²) >= 11 is 0. The smallest absolute Gasteiger partial charge is 0.251 e. The summed E-state index contributed by atoms with van der Waals surface area (Å²) in [4.78, 5) is 12.3. The fraction of sp³-hybridized carbons (Fsp3) is 0.350. The molecule has 6 heteroatoms. The predicted molar refractivity (Wildman–Crippen MR) is 106 cm³/mol. The Morgan fingerprint density at radius 1 is 1.00 bits per heavy atom. The molecule has 0 radical (unpaired) electrons. The first-order valence-corrected chi connectivity index (χ1v) is 10.4. The molecule has 1 N–H and O–H groups in total. The lowest BCUT2D eigenvalue weighted by Crippen LogP contribution is -2.38. The molecule has 0 heterocycles. The van der Waals surface area contributed by atoms with E-state index in [2.05, 4.69) is 26.1 Å². The Balaban J connectivity index is 2.00. The molecule has 2 aromatic rings. The summed E-state index contributed by atoms with van der Waals surface area (Å²) in [5.41, 5.74) is 2.32. The average molecular weight is 375 g/mol. The highest BCUT2D eigenvalue weighted by Crippen LogP contribution is 2.22. The van der Waals surface area contributed by atoms with Gasteiger partial charge in [0.2, 0.25) is 10.0 Å². The summed E-state index contributed by atoms with van der Waals surface area (Å²) in [5, 5.41) is 2.78. The number of nitrogens with one attached hydrogen (secondary N) is 1. The minimum atomic E-state index is -3.42. The van der Waals surface area contributed by atoms with E-state index in [1.807, 2.05) is 18.2 Å². The predicted octanol–water partition coefficient (Wildman–Crippen LogP) is 3.18. The van der Waals surface area contributed by atoms with Gasteiger partial charge in [-0.1, -0.05) is 51.1 Å². The van der Waals surface area contributed by atoms with E-state index in [1.165, 1.54) is 4.31 Å². The second-order valence-electron chi connectivity index (χ2n) is 7.25. The van der Waals surface area contributed by atoms with Gasteiger partial charge in [0.1, 0.15) is 0 Å². The molecule has 26 heavy (non-hydrogen) atoms. The molecule has 0 aliphatic carbocycles. The molecule has 0 fully saturated rings. The highest BCUT2D eigenvalue weighted by Gasteiger charge is 2.18. The highest BCUT2D eigenvalue weighted by molar-refractivity contribution is 7.92. The van der Waals surface area contributed by atoms with Gasteiger partial charge in [0.25, 0.3) is 5.91 Å². The van der Waals surface area contributed by atoms with E-state index in [0.717, 1.165) is 11.8 Å². The fourth-order valence-electron chi connectivity index (χ4n) is 2.58. The van der Waals surface area contributed by atoms with Crippen LogP contribution in [0.25, 0.3) is 0 Å². The maximum Gasteiger partial charge on any atom is 0.251 e. The molecule has 0 atom stereocenters. The highest BCUT2D eigenvalue weighted by atomic mass is 32.2. The van der Waals surface area contributed by atoms with Crippen molar-refractivity contribution in [2.45, 2.75) is 26.2 Å². The number of sulfonamides is 1. The van der Waals surface area contributed by atoms with Crippen LogP contribution in [0.1, 0.15) is 36.7 Å². The van der Waals surface area contributed by atoms with E-state index < -0.39 is 10.0 Å². The van der Waals surface area contributed by atoms with Crippen LogP contribution in [0.5, 0.6) is 0 Å². The number of carbonyl (C=O) groups is 1. The summed E-state index contributed by atoms with van der Waals surface area (Å²) in [7, 11) is -3.42. The van der Waals surface area contributed by atoms with Crippen LogP contribution in [0.4, 0.5) is 5.69 Å². The zero-order valence-corrected chi connectivity index (χ0v) is 16.5. The minimum Gasteiger partial charge on any atom is -0.350 e. The van der Waals surface area contributed by atoms with Crippen molar-refractivity contribution in [2.24, 2.45) is 0 Å². The second-order valence-corrected chi connectivity index (χ2v) is 9.16. The van der Waals surface area contributed by atoms with Crippen LogP contribution in [0.15, 0.2) is 54.6 Å². The van der Waals surface area contributed by atoms with Gasteiger partial charge in [-0.2, -0.15) is 0 Å². The van der Waals surface area contributed by atoms with Gasteiger partial charge in [-0.25, -0.2) is 8.42 Å². The van der Waals surface area contributed by atoms with Crippen LogP contribution >= 0.6 is 0 Å². The number of amides is 1. The van der Waals surface area contributed by atoms with Crippen LogP contribution < -0.4 is 9.62 Å². The van der Waals surface area contributed by atoms with Gasteiger partial charge in [0.15, 0.2) is 0 Å². The Hall–Kier alpha value is -2.34. The summed E-state index contributed by atoms with van der Waals surface area (Å²) in [6.07, 6.45) is 1.16. The summed E-state index contributed by atoms with van der Waals surface area (Å²) in [6, 6.07) is 16.3. The number of carbonyl (C=O) groups excluding carboxylic acids is 1. The Morgan fingerprint density at radius 2 is 1.58 bits per heavy atom. The third-order valence-electron chi connectivity index (χ3n) is 4.06. The van der Waals surface area contributed by atoms with Gasteiger partial charge in [0.05, 0.1) is 18.5 Å². The van der Waals surface area contributed by atoms with Gasteiger partial charge in [-0.3, -0.25) is 9.10 Å². The second kappa shape index (κ2) is 7.91. The third kappa shape index (κ3) is 5.33. The number of para-hydroxylation sites is 1. The normalized spacial score (nSPS) is 11.8. The zero-order valence-electron chi connectivity index (χ0n) is 15.7. The lowest BCUT2D eigenvalue weighted by atomic mass is 9.87. The number of benzene rings is 2. The number of hydrogen-bond donors (Lipinski definition) is 1. The van der Waals surface area contributed by atoms with Crippen molar-refractivity contribution in [3.8, 4) is 0 Å². The van der Waals surface area contributed by atoms with Gasteiger partial charge >= 0.3 is 0 Å². The third-order valence-corrected chi connectivity index (χ3v) is 5.25. The SMILES string of the molecule is CC(C)(C)c1ccc(C(=O)NCCN(c2ccccc2)S(C)(=O)=O)cc1. The molecule has 0 saturated carbocycles. The molecular formula is C20H26N2O3S. The Morgan fingerprint density at radius 3 is 2.08 bits per heavy atom. The quantitative estimate of drug-likeness (QED) is 0.844. The number of rotatable bonds is 6. The molecule has 0 bridgehead atoms. The van der Waals surface area contributed by atoms with Crippen molar-refractivity contribution in [3.63, 3.8) is 0 Å². The van der Waals surface area contributed by atoms with E-state index in [4.69, 9.17) is 0 Å². The maximum absolute atomic E-state index is 12.3. The van der Waals surface area contributed by atoms with Crippen LogP contribution in [0, 0.1) is 0 Å². The largest absolute Gasteiger partial charge is 0.350 e. The lowest BCUT2D eigenvalue weighted by Gasteiger charge is -2.22. The molecule has 0 aromatic heterocycles. The molecule has 0 saturated heterocycles. The lowest BCUT2D eigenvalue weighted by molar-refractivity contribution is 0.0954. The molecule has 0 unspecified atom stereocenters. The van der Waals surface area contributed by atoms with Crippen molar-refractivity contribution in [2.75, 3.05) is 23.7 Å². The van der Waals surface area contributed by atoms with Gasteiger partial charge in [0, 0.05) is 12.1 Å². The van der Waals surface area contributed by atoms with Crippen molar-refractivity contribution < 1.29 is 13.2 Å². The van der Waals surface area contributed by atoms with E-state index in [-0.39, 0.29) is 24.4 Å². The number of anilines is 1. The standard InChI is InChI=1S/C20H26N2O3S/c1-20(2,3)17-12-10-16(11-13-17)19(23)21-14-15-22(26(4,24)25)18-8-6-5-7-9-18/h5-13H,14-15H2,1-4H3,(H,21,23). The van der Waals surface area contributed by atoms with Gasteiger partial charge in [-0.15, -0.1) is 0 Å². The molecule has 5 nitrogen and oxygen atoms in total. The van der Waals surface area contributed by atoms with E-state index in [9.17, 15) is 13.2 Å². The van der Waals surface area contributed by atoms with E-state index >= 15 is 0 Å². The molecule has 1 amide bonds. The van der Waals surface area contributed by atoms with Crippen molar-refractivity contribution >= 4 is 21.6 Å². The Kier molecular flexibility index (Phi) is 6.08. The van der Waals surface area contributed by atoms with Crippen LogP contribution in [0.2, 0.25) is 0 Å². The van der Waals surface area contributed by atoms with Crippen molar-refractivity contribution in [1.82, 2.24) is 5.32 Å². The van der Waals surface area contributed by atoms with Gasteiger partial charge < -0.3 is 5.32 Å². The molecule has 0 aliphatic heterocycles. The molecule has 0 aliphatic rings. The summed E-state index contributed by atoms with van der Waals surface area (Å²) < 4.78 is 25.3. The topological polar surface area (TPSA) is 66.5 Å². The van der Waals surface area contributed by atoms with Crippen LogP contribution in [-0.4, -0.2) is 33.7 Å². The number of hydrogen-bond acceptors (Lipinski definition) is 3. The molecule has 2 rings (SSSR count). The monoisotopic (exact) mass is 374 g/mol. The summed E-state index contributed by atoms with van der Waals surface area (Å²) in [5.74, 6) is -0.216. The van der Waals surface area contributed by atoms with Crippen LogP contribution in [-0.2, 0) is 15.4 Å². The fourth-order valence-corrected chi connectivity index (χ4v) is 3.50. The van der Waals surface area contributed by atoms with Crippen molar-refractivity contribution in [1.29, 1.82) is 0 Å². The first-order chi connectivity index (χ1) is 12.1. The van der Waals surface area contributed by atoms with Crippen LogP contribution in [0.3, 0.4) is 0 Å². The Labute approximate surface area is 156 Å². The molecule has 2 aromatic carbocycles. The maximum atomic E-state index is 12.3. The average Bonchev–Trinajstić information content (AvgIpc) is 2.57. The van der Waals surface area contributed by atoms with Crippen molar-refractivity contribution in [3.05, 3.63) is 65.7 Å². The van der Waals surface area contributed by atoms with Gasteiger partial charge in [-0.05, 0) is 35.2 Å². The zero-order chi connectivity index (χ0) is 19.4. The summed E-state index contributed by atoms with van der Waals surface area (Å²) in [6.45, 7) is 6.75. The minimum absolute atomic E-state index is 0.0284. The number of nitrogens with zero attached hydrogens (tertiary/aromatic N) is 1. The Bertz CT molecular complexity index is 839. The molecular weight excluding hydrogens is 348 g/mol. The molecule has 140 valence electrons.